The van der Waals surface area contributed by atoms with E-state index in [1.54, 1.807) is 0 Å². The lowest BCUT2D eigenvalue weighted by Crippen LogP contribution is -2.01. The lowest BCUT2D eigenvalue weighted by molar-refractivity contribution is 0.586. The summed E-state index contributed by atoms with van der Waals surface area (Å²) in [6, 6.07) is 0. The fourth-order valence-corrected chi connectivity index (χ4v) is 1.11. The molecule has 0 aromatic carbocycles. The van der Waals surface area contributed by atoms with Gasteiger partial charge in [-0.15, -0.1) is 0 Å². The first-order chi connectivity index (χ1) is 2.89. The zero-order valence-electron chi connectivity index (χ0n) is 3.85. The lowest BCUT2D eigenvalue weighted by atomic mass is 10.4. The Morgan fingerprint density at radius 2 is 1.67 bits per heavy atom. The Morgan fingerprint density at radius 1 is 1.17 bits per heavy atom. The summed E-state index contributed by atoms with van der Waals surface area (Å²) >= 11 is 0. The molecule has 2 heteroatoms. The number of hydrogen-bond donors (Lipinski definition) is 0. The van der Waals surface area contributed by atoms with Crippen molar-refractivity contribution >= 4 is 9.39 Å². The molecular formula is C4H10NP. The van der Waals surface area contributed by atoms with E-state index in [4.69, 9.17) is 0 Å². The SMILES string of the molecule is PN1CCCC1. The summed E-state index contributed by atoms with van der Waals surface area (Å²) in [5, 5.41) is 0. The molecule has 6 heavy (non-hydrogen) atoms. The van der Waals surface area contributed by atoms with Crippen molar-refractivity contribution in [3.63, 3.8) is 0 Å². The molecule has 0 N–H and O–H groups in total. The summed E-state index contributed by atoms with van der Waals surface area (Å²) in [5.41, 5.74) is 0. The van der Waals surface area contributed by atoms with Crippen molar-refractivity contribution in [2.75, 3.05) is 13.1 Å². The molecule has 36 valence electrons. The van der Waals surface area contributed by atoms with Crippen LogP contribution in [0.4, 0.5) is 0 Å². The van der Waals surface area contributed by atoms with Crippen LogP contribution < -0.4 is 0 Å². The van der Waals surface area contributed by atoms with Crippen molar-refractivity contribution in [1.82, 2.24) is 4.67 Å². The molecule has 0 aromatic rings. The standard InChI is InChI=1S/C4H10NP/c6-5-3-1-2-4-5/h1-4,6H2. The normalized spacial score (nSPS) is 25.5. The molecular weight excluding hydrogens is 93.0 g/mol. The molecule has 0 spiro atoms. The van der Waals surface area contributed by atoms with E-state index in [1.165, 1.54) is 25.9 Å². The maximum Gasteiger partial charge on any atom is 0.00166 e. The topological polar surface area (TPSA) is 3.24 Å². The average Bonchev–Trinajstić information content (AvgIpc) is 1.86. The highest BCUT2D eigenvalue weighted by molar-refractivity contribution is 7.13. The summed E-state index contributed by atoms with van der Waals surface area (Å²) in [6.45, 7) is 2.56. The predicted molar refractivity (Wildman–Crippen MR) is 30.5 cm³/mol. The van der Waals surface area contributed by atoms with Gasteiger partial charge in [0.25, 0.3) is 0 Å². The molecule has 0 aromatic heterocycles. The molecule has 1 saturated heterocycles. The maximum absolute atomic E-state index is 2.71. The largest absolute Gasteiger partial charge is 0.287 e. The van der Waals surface area contributed by atoms with E-state index in [0.717, 1.165) is 0 Å². The van der Waals surface area contributed by atoms with Crippen LogP contribution in [0.3, 0.4) is 0 Å². The number of hydrogen-bond acceptors (Lipinski definition) is 1. The zero-order chi connectivity index (χ0) is 4.41. The molecule has 0 amide bonds. The van der Waals surface area contributed by atoms with Gasteiger partial charge in [0, 0.05) is 13.1 Å². The second-order valence-electron chi connectivity index (χ2n) is 1.74. The van der Waals surface area contributed by atoms with Crippen LogP contribution in [0.15, 0.2) is 0 Å². The quantitative estimate of drug-likeness (QED) is 0.411. The molecule has 1 heterocycles. The zero-order valence-corrected chi connectivity index (χ0v) is 5.01. The molecule has 0 bridgehead atoms. The molecule has 0 aliphatic carbocycles. The van der Waals surface area contributed by atoms with Crippen LogP contribution in [0, 0.1) is 0 Å². The molecule has 1 aliphatic heterocycles. The van der Waals surface area contributed by atoms with Crippen LogP contribution in [-0.4, -0.2) is 17.8 Å². The van der Waals surface area contributed by atoms with Gasteiger partial charge in [0.15, 0.2) is 0 Å². The fourth-order valence-electron chi connectivity index (χ4n) is 0.742. The Kier molecular flexibility index (Phi) is 1.44. The summed E-state index contributed by atoms with van der Waals surface area (Å²) in [7, 11) is 2.71. The average molecular weight is 103 g/mol. The third kappa shape index (κ3) is 0.924. The summed E-state index contributed by atoms with van der Waals surface area (Å²) in [4.78, 5) is 0. The van der Waals surface area contributed by atoms with Gasteiger partial charge in [0.1, 0.15) is 0 Å². The molecule has 1 fully saturated rings. The highest BCUT2D eigenvalue weighted by Crippen LogP contribution is 2.10. The minimum absolute atomic E-state index is 1.28. The van der Waals surface area contributed by atoms with Gasteiger partial charge in [-0.3, -0.25) is 4.67 Å². The predicted octanol–water partition coefficient (Wildman–Crippen LogP) is 0.872. The lowest BCUT2D eigenvalue weighted by Gasteiger charge is -2.00. The van der Waals surface area contributed by atoms with E-state index in [2.05, 4.69) is 14.1 Å². The first kappa shape index (κ1) is 4.55. The van der Waals surface area contributed by atoms with Crippen molar-refractivity contribution in [3.8, 4) is 0 Å². The van der Waals surface area contributed by atoms with E-state index < -0.39 is 0 Å². The Labute approximate surface area is 41.0 Å². The van der Waals surface area contributed by atoms with Crippen molar-refractivity contribution in [2.24, 2.45) is 0 Å². The van der Waals surface area contributed by atoms with Crippen LogP contribution in [0.1, 0.15) is 12.8 Å². The van der Waals surface area contributed by atoms with Gasteiger partial charge < -0.3 is 0 Å². The van der Waals surface area contributed by atoms with Crippen LogP contribution >= 0.6 is 9.39 Å². The van der Waals surface area contributed by atoms with Crippen LogP contribution in [0.2, 0.25) is 0 Å². The first-order valence-electron chi connectivity index (χ1n) is 2.39. The van der Waals surface area contributed by atoms with E-state index in [9.17, 15) is 0 Å². The van der Waals surface area contributed by atoms with Crippen molar-refractivity contribution in [3.05, 3.63) is 0 Å². The summed E-state index contributed by atoms with van der Waals surface area (Å²) < 4.78 is 2.28. The van der Waals surface area contributed by atoms with Gasteiger partial charge >= 0.3 is 0 Å². The minimum Gasteiger partial charge on any atom is -0.287 e. The van der Waals surface area contributed by atoms with E-state index in [0.29, 0.717) is 0 Å². The molecule has 1 nitrogen and oxygen atoms in total. The second-order valence-corrected chi connectivity index (χ2v) is 2.47. The molecule has 0 saturated carbocycles. The number of rotatable bonds is 0. The van der Waals surface area contributed by atoms with Crippen molar-refractivity contribution < 1.29 is 0 Å². The molecule has 1 aliphatic rings. The minimum atomic E-state index is 1.28. The van der Waals surface area contributed by atoms with Gasteiger partial charge in [-0.05, 0) is 12.8 Å². The van der Waals surface area contributed by atoms with Crippen LogP contribution in [-0.2, 0) is 0 Å². The van der Waals surface area contributed by atoms with Gasteiger partial charge in [0.05, 0.1) is 0 Å². The summed E-state index contributed by atoms with van der Waals surface area (Å²) in [6.07, 6.45) is 2.78. The maximum atomic E-state index is 2.71. The van der Waals surface area contributed by atoms with Crippen LogP contribution in [0.25, 0.3) is 0 Å². The molecule has 0 radical (unpaired) electrons. The molecule has 1 atom stereocenters. The highest BCUT2D eigenvalue weighted by atomic mass is 31.0. The van der Waals surface area contributed by atoms with Gasteiger partial charge in [-0.25, -0.2) is 0 Å². The number of nitrogens with zero attached hydrogens (tertiary/aromatic N) is 1. The van der Waals surface area contributed by atoms with E-state index in [1.807, 2.05) is 0 Å². The smallest absolute Gasteiger partial charge is 0.00166 e. The monoisotopic (exact) mass is 103 g/mol. The highest BCUT2D eigenvalue weighted by Gasteiger charge is 2.03. The Balaban J connectivity index is 2.18. The Morgan fingerprint density at radius 3 is 1.83 bits per heavy atom. The van der Waals surface area contributed by atoms with E-state index >= 15 is 0 Å². The molecule has 1 unspecified atom stereocenters. The second kappa shape index (κ2) is 1.90. The summed E-state index contributed by atoms with van der Waals surface area (Å²) in [5.74, 6) is 0. The fraction of sp³-hybridized carbons (Fsp3) is 1.00. The first-order valence-corrected chi connectivity index (χ1v) is 2.91. The van der Waals surface area contributed by atoms with Gasteiger partial charge in [-0.2, -0.15) is 0 Å². The van der Waals surface area contributed by atoms with Crippen LogP contribution in [0.5, 0.6) is 0 Å². The van der Waals surface area contributed by atoms with Gasteiger partial charge in [0.2, 0.25) is 0 Å². The Hall–Kier alpha value is 0.390. The molecule has 1 rings (SSSR count). The third-order valence-electron chi connectivity index (χ3n) is 1.14. The van der Waals surface area contributed by atoms with Crippen molar-refractivity contribution in [1.29, 1.82) is 0 Å². The van der Waals surface area contributed by atoms with E-state index in [-0.39, 0.29) is 0 Å². The Bertz CT molecular complexity index is 40.8. The van der Waals surface area contributed by atoms with Crippen molar-refractivity contribution in [2.45, 2.75) is 12.8 Å². The third-order valence-corrected chi connectivity index (χ3v) is 1.66. The van der Waals surface area contributed by atoms with Gasteiger partial charge in [-0.1, -0.05) is 9.39 Å².